The van der Waals surface area contributed by atoms with Crippen LogP contribution in [0.3, 0.4) is 0 Å². The van der Waals surface area contributed by atoms with Crippen LogP contribution in [0, 0.1) is 0 Å². The molecule has 88 valence electrons. The number of ether oxygens (including phenoxy) is 1. The van der Waals surface area contributed by atoms with Gasteiger partial charge < -0.3 is 9.84 Å². The van der Waals surface area contributed by atoms with E-state index in [-0.39, 0.29) is 5.75 Å². The van der Waals surface area contributed by atoms with Crippen molar-refractivity contribution >= 4 is 11.8 Å². The van der Waals surface area contributed by atoms with Crippen LogP contribution in [-0.2, 0) is 0 Å². The molecule has 18 heavy (non-hydrogen) atoms. The summed E-state index contributed by atoms with van der Waals surface area (Å²) in [6, 6.07) is 5.04. The number of phenols is 1. The molecule has 1 aliphatic carbocycles. The van der Waals surface area contributed by atoms with Crippen LogP contribution in [0.25, 0.3) is 6.08 Å². The number of phenolic OH excluding ortho intramolecular Hbond substituents is 1. The standard InChI is InChI=1S/C15H11NO2/c16-12-4-1-10(2-5-12)14-7-3-11-9-13(17)6-8-15(11)18-14/h1-9,16-17H/p+1. The van der Waals surface area contributed by atoms with Crippen LogP contribution < -0.4 is 10.1 Å². The fourth-order valence-electron chi connectivity index (χ4n) is 1.88. The third-order valence-corrected chi connectivity index (χ3v) is 2.82. The Morgan fingerprint density at radius 1 is 0.944 bits per heavy atom. The van der Waals surface area contributed by atoms with E-state index in [2.05, 4.69) is 0 Å². The Kier molecular flexibility index (Phi) is 2.38. The Bertz CT molecular complexity index is 630. The largest absolute Gasteiger partial charge is 0.508 e. The zero-order valence-corrected chi connectivity index (χ0v) is 9.63. The Labute approximate surface area is 105 Å². The van der Waals surface area contributed by atoms with Gasteiger partial charge in [0.2, 0.25) is 0 Å². The number of benzene rings is 1. The minimum atomic E-state index is 0.234. The van der Waals surface area contributed by atoms with E-state index in [4.69, 9.17) is 10.1 Å². The van der Waals surface area contributed by atoms with E-state index in [0.29, 0.717) is 0 Å². The molecule has 0 spiro atoms. The summed E-state index contributed by atoms with van der Waals surface area (Å²) in [6.45, 7) is 0. The molecule has 0 radical (unpaired) electrons. The van der Waals surface area contributed by atoms with Crippen molar-refractivity contribution in [2.75, 3.05) is 0 Å². The van der Waals surface area contributed by atoms with Crippen LogP contribution in [0.4, 0.5) is 0 Å². The van der Waals surface area contributed by atoms with E-state index in [0.717, 1.165) is 28.4 Å². The van der Waals surface area contributed by atoms with Crippen molar-refractivity contribution in [3.63, 3.8) is 0 Å². The molecule has 0 unspecified atom stereocenters. The van der Waals surface area contributed by atoms with Gasteiger partial charge in [0.1, 0.15) is 17.3 Å². The second kappa shape index (κ2) is 4.04. The first-order valence-corrected chi connectivity index (χ1v) is 5.64. The lowest BCUT2D eigenvalue weighted by molar-refractivity contribution is -0.110. The second-order valence-corrected chi connectivity index (χ2v) is 4.14. The molecule has 2 aliphatic rings. The molecular weight excluding hydrogens is 226 g/mol. The molecular formula is C15H12NO2+. The maximum Gasteiger partial charge on any atom is 0.196 e. The number of nitrogens with two attached hydrogens (primary N) is 1. The fraction of sp³-hybridized carbons (Fsp3) is 0. The zero-order valence-electron chi connectivity index (χ0n) is 9.63. The molecule has 0 aromatic heterocycles. The van der Waals surface area contributed by atoms with Crippen molar-refractivity contribution in [1.29, 1.82) is 0 Å². The molecule has 0 saturated carbocycles. The predicted octanol–water partition coefficient (Wildman–Crippen LogP) is 1.38. The second-order valence-electron chi connectivity index (χ2n) is 4.14. The van der Waals surface area contributed by atoms with Gasteiger partial charge >= 0.3 is 0 Å². The summed E-state index contributed by atoms with van der Waals surface area (Å²) < 4.78 is 5.79. The van der Waals surface area contributed by atoms with E-state index >= 15 is 0 Å². The van der Waals surface area contributed by atoms with Gasteiger partial charge in [0.25, 0.3) is 0 Å². The highest BCUT2D eigenvalue weighted by atomic mass is 16.5. The van der Waals surface area contributed by atoms with E-state index in [1.807, 2.05) is 36.5 Å². The summed E-state index contributed by atoms with van der Waals surface area (Å²) >= 11 is 0. The van der Waals surface area contributed by atoms with Crippen molar-refractivity contribution in [3.05, 3.63) is 65.5 Å². The molecule has 1 aliphatic heterocycles. The quantitative estimate of drug-likeness (QED) is 0.717. The normalized spacial score (nSPS) is 16.8. The van der Waals surface area contributed by atoms with Gasteiger partial charge in [0, 0.05) is 23.3 Å². The Balaban J connectivity index is 2.00. The summed E-state index contributed by atoms with van der Waals surface area (Å²) in [7, 11) is 0. The van der Waals surface area contributed by atoms with E-state index < -0.39 is 0 Å². The van der Waals surface area contributed by atoms with Crippen LogP contribution in [0.5, 0.6) is 11.5 Å². The topological polar surface area (TPSA) is 55.0 Å². The number of hydrogen-bond acceptors (Lipinski definition) is 2. The van der Waals surface area contributed by atoms with Gasteiger partial charge in [-0.15, -0.1) is 0 Å². The lowest BCUT2D eigenvalue weighted by atomic mass is 10.0. The van der Waals surface area contributed by atoms with E-state index in [1.165, 1.54) is 0 Å². The molecule has 0 atom stereocenters. The SMILES string of the molecule is [NH2+]=C1C=CC(=C2C=Cc3cc(O)ccc3O2)C=C1. The van der Waals surface area contributed by atoms with Crippen molar-refractivity contribution in [2.45, 2.75) is 0 Å². The van der Waals surface area contributed by atoms with Crippen molar-refractivity contribution in [3.8, 4) is 11.5 Å². The molecule has 3 rings (SSSR count). The molecule has 0 amide bonds. The summed E-state index contributed by atoms with van der Waals surface area (Å²) in [4.78, 5) is 0. The maximum absolute atomic E-state index is 9.39. The third kappa shape index (κ3) is 1.86. The maximum atomic E-state index is 9.39. The lowest BCUT2D eigenvalue weighted by Gasteiger charge is -2.16. The highest BCUT2D eigenvalue weighted by Gasteiger charge is 2.13. The average molecular weight is 238 g/mol. The number of fused-ring (bicyclic) bond motifs is 1. The van der Waals surface area contributed by atoms with Crippen LogP contribution >= 0.6 is 0 Å². The summed E-state index contributed by atoms with van der Waals surface area (Å²) in [6.07, 6.45) is 11.3. The predicted molar refractivity (Wildman–Crippen MR) is 70.0 cm³/mol. The van der Waals surface area contributed by atoms with E-state index in [9.17, 15) is 5.11 Å². The van der Waals surface area contributed by atoms with Crippen LogP contribution in [-0.4, -0.2) is 10.8 Å². The highest BCUT2D eigenvalue weighted by molar-refractivity contribution is 6.01. The molecule has 0 bridgehead atoms. The minimum Gasteiger partial charge on any atom is -0.508 e. The summed E-state index contributed by atoms with van der Waals surface area (Å²) in [5, 5.41) is 15.0. The van der Waals surface area contributed by atoms with Crippen LogP contribution in [0.1, 0.15) is 5.56 Å². The van der Waals surface area contributed by atoms with Gasteiger partial charge in [-0.05, 0) is 42.5 Å². The summed E-state index contributed by atoms with van der Waals surface area (Å²) in [5.41, 5.74) is 2.57. The Morgan fingerprint density at radius 3 is 2.50 bits per heavy atom. The minimum absolute atomic E-state index is 0.234. The first kappa shape index (κ1) is 10.6. The van der Waals surface area contributed by atoms with Gasteiger partial charge in [-0.1, -0.05) is 0 Å². The molecule has 1 heterocycles. The fourth-order valence-corrected chi connectivity index (χ4v) is 1.88. The Hall–Kier alpha value is -2.55. The van der Waals surface area contributed by atoms with Crippen molar-refractivity contribution < 1.29 is 15.3 Å². The van der Waals surface area contributed by atoms with Gasteiger partial charge in [0.05, 0.1) is 0 Å². The first-order chi connectivity index (χ1) is 8.72. The molecule has 0 fully saturated rings. The van der Waals surface area contributed by atoms with Gasteiger partial charge in [-0.3, -0.25) is 5.41 Å². The molecule has 0 saturated heterocycles. The lowest BCUT2D eigenvalue weighted by Crippen LogP contribution is -2.37. The van der Waals surface area contributed by atoms with Crippen molar-refractivity contribution in [2.24, 2.45) is 0 Å². The van der Waals surface area contributed by atoms with Gasteiger partial charge in [0.15, 0.2) is 5.71 Å². The molecule has 3 N–H and O–H groups in total. The third-order valence-electron chi connectivity index (χ3n) is 2.82. The smallest absolute Gasteiger partial charge is 0.196 e. The van der Waals surface area contributed by atoms with Crippen molar-refractivity contribution in [1.82, 2.24) is 0 Å². The number of allylic oxidation sites excluding steroid dienone is 6. The number of aromatic hydroxyl groups is 1. The van der Waals surface area contributed by atoms with Crippen LogP contribution in [0.2, 0.25) is 0 Å². The first-order valence-electron chi connectivity index (χ1n) is 5.64. The number of rotatable bonds is 0. The molecule has 3 heteroatoms. The average Bonchev–Trinajstić information content (AvgIpc) is 2.39. The highest BCUT2D eigenvalue weighted by Crippen LogP contribution is 2.31. The van der Waals surface area contributed by atoms with Crippen LogP contribution in [0.15, 0.2) is 59.9 Å². The van der Waals surface area contributed by atoms with Gasteiger partial charge in [-0.25, -0.2) is 0 Å². The van der Waals surface area contributed by atoms with Gasteiger partial charge in [-0.2, -0.15) is 0 Å². The summed E-state index contributed by atoms with van der Waals surface area (Å²) in [5.74, 6) is 1.74. The molecule has 1 aromatic rings. The Morgan fingerprint density at radius 2 is 1.72 bits per heavy atom. The van der Waals surface area contributed by atoms with E-state index in [1.54, 1.807) is 18.2 Å². The molecule has 1 aromatic carbocycles. The monoisotopic (exact) mass is 238 g/mol. The zero-order chi connectivity index (χ0) is 12.5. The number of hydrogen-bond donors (Lipinski definition) is 2. The molecule has 3 nitrogen and oxygen atoms in total.